The Hall–Kier alpha value is -3.13. The van der Waals surface area contributed by atoms with Gasteiger partial charge in [-0.25, -0.2) is 4.39 Å². The molecule has 23 heavy (non-hydrogen) atoms. The summed E-state index contributed by atoms with van der Waals surface area (Å²) in [6, 6.07) is 14.9. The van der Waals surface area contributed by atoms with Crippen LogP contribution in [0.2, 0.25) is 0 Å². The van der Waals surface area contributed by atoms with Crippen LogP contribution >= 0.6 is 0 Å². The molecule has 0 aliphatic heterocycles. The summed E-state index contributed by atoms with van der Waals surface area (Å²) in [5.41, 5.74) is 1.67. The standard InChI is InChI=1S/C18H15FN2O2/c19-16-6-1-15(2-7-16)13-21-18(22)10-5-14-3-8-17(9-4-14)23-12-11-20/h1-10H,12-13H2,(H,21,22)/b10-5+. The highest BCUT2D eigenvalue weighted by atomic mass is 19.1. The van der Waals surface area contributed by atoms with E-state index < -0.39 is 0 Å². The van der Waals surface area contributed by atoms with Gasteiger partial charge in [-0.05, 0) is 41.5 Å². The summed E-state index contributed by atoms with van der Waals surface area (Å²) < 4.78 is 17.9. The lowest BCUT2D eigenvalue weighted by Crippen LogP contribution is -2.20. The van der Waals surface area contributed by atoms with E-state index in [9.17, 15) is 9.18 Å². The quantitative estimate of drug-likeness (QED) is 0.834. The van der Waals surface area contributed by atoms with Crippen LogP contribution in [0.3, 0.4) is 0 Å². The second-order valence-electron chi connectivity index (χ2n) is 4.69. The minimum atomic E-state index is -0.304. The van der Waals surface area contributed by atoms with Crippen LogP contribution in [0.25, 0.3) is 6.08 Å². The van der Waals surface area contributed by atoms with Crippen molar-refractivity contribution in [2.45, 2.75) is 6.54 Å². The first kappa shape index (κ1) is 16.2. The third-order valence-corrected chi connectivity index (χ3v) is 2.99. The average molecular weight is 310 g/mol. The van der Waals surface area contributed by atoms with Crippen LogP contribution in [0.5, 0.6) is 5.75 Å². The summed E-state index contributed by atoms with van der Waals surface area (Å²) in [5, 5.41) is 11.1. The van der Waals surface area contributed by atoms with E-state index in [2.05, 4.69) is 5.32 Å². The zero-order valence-electron chi connectivity index (χ0n) is 12.3. The zero-order valence-corrected chi connectivity index (χ0v) is 12.3. The molecule has 2 aromatic rings. The van der Waals surface area contributed by atoms with Crippen LogP contribution in [0.1, 0.15) is 11.1 Å². The number of nitrogens with one attached hydrogen (secondary N) is 1. The summed E-state index contributed by atoms with van der Waals surface area (Å²) >= 11 is 0. The molecule has 0 aliphatic carbocycles. The van der Waals surface area contributed by atoms with Gasteiger partial charge in [0.2, 0.25) is 5.91 Å². The minimum Gasteiger partial charge on any atom is -0.479 e. The van der Waals surface area contributed by atoms with Crippen LogP contribution in [0.4, 0.5) is 4.39 Å². The van der Waals surface area contributed by atoms with E-state index in [-0.39, 0.29) is 18.3 Å². The largest absolute Gasteiger partial charge is 0.479 e. The Bertz CT molecular complexity index is 716. The number of nitrogens with zero attached hydrogens (tertiary/aromatic N) is 1. The van der Waals surface area contributed by atoms with Crippen LogP contribution in [0, 0.1) is 17.1 Å². The normalized spacial score (nSPS) is 10.3. The Balaban J connectivity index is 1.83. The fourth-order valence-electron chi connectivity index (χ4n) is 1.81. The second kappa shape index (κ2) is 8.35. The van der Waals surface area contributed by atoms with Crippen LogP contribution in [-0.4, -0.2) is 12.5 Å². The molecule has 0 aromatic heterocycles. The van der Waals surface area contributed by atoms with Crippen molar-refractivity contribution in [1.82, 2.24) is 5.32 Å². The van der Waals surface area contributed by atoms with Crippen molar-refractivity contribution in [3.63, 3.8) is 0 Å². The smallest absolute Gasteiger partial charge is 0.244 e. The number of ether oxygens (including phenoxy) is 1. The van der Waals surface area contributed by atoms with Gasteiger partial charge in [0.1, 0.15) is 17.6 Å². The summed E-state index contributed by atoms with van der Waals surface area (Å²) in [5.74, 6) is 0.0609. The SMILES string of the molecule is N#CCOc1ccc(/C=C/C(=O)NCc2ccc(F)cc2)cc1. The lowest BCUT2D eigenvalue weighted by atomic mass is 10.2. The molecule has 2 rings (SSSR count). The second-order valence-corrected chi connectivity index (χ2v) is 4.69. The van der Waals surface area contributed by atoms with Gasteiger partial charge in [-0.3, -0.25) is 4.79 Å². The number of amides is 1. The van der Waals surface area contributed by atoms with E-state index in [0.29, 0.717) is 12.3 Å². The van der Waals surface area contributed by atoms with Crippen LogP contribution in [0.15, 0.2) is 54.6 Å². The van der Waals surface area contributed by atoms with E-state index in [0.717, 1.165) is 11.1 Å². The first-order valence-electron chi connectivity index (χ1n) is 6.97. The number of carbonyl (C=O) groups excluding carboxylic acids is 1. The molecule has 0 atom stereocenters. The molecule has 0 fully saturated rings. The molecule has 4 nitrogen and oxygen atoms in total. The first-order valence-corrected chi connectivity index (χ1v) is 6.97. The number of hydrogen-bond donors (Lipinski definition) is 1. The predicted molar refractivity (Wildman–Crippen MR) is 84.8 cm³/mol. The van der Waals surface area contributed by atoms with E-state index in [1.165, 1.54) is 18.2 Å². The Morgan fingerprint density at radius 1 is 1.17 bits per heavy atom. The molecular formula is C18H15FN2O2. The van der Waals surface area contributed by atoms with Gasteiger partial charge in [-0.2, -0.15) is 5.26 Å². The minimum absolute atomic E-state index is 0.000970. The van der Waals surface area contributed by atoms with Gasteiger partial charge in [0.25, 0.3) is 0 Å². The first-order chi connectivity index (χ1) is 11.2. The number of hydrogen-bond acceptors (Lipinski definition) is 3. The number of carbonyl (C=O) groups is 1. The highest BCUT2D eigenvalue weighted by molar-refractivity contribution is 5.91. The monoisotopic (exact) mass is 310 g/mol. The van der Waals surface area contributed by atoms with Crippen molar-refractivity contribution < 1.29 is 13.9 Å². The van der Waals surface area contributed by atoms with E-state index in [4.69, 9.17) is 10.00 Å². The summed E-state index contributed by atoms with van der Waals surface area (Å²) in [6.07, 6.45) is 3.10. The third-order valence-electron chi connectivity index (χ3n) is 2.99. The van der Waals surface area contributed by atoms with Crippen LogP contribution < -0.4 is 10.1 Å². The molecule has 2 aromatic carbocycles. The molecule has 5 heteroatoms. The Kier molecular flexibility index (Phi) is 5.89. The van der Waals surface area contributed by atoms with Crippen molar-refractivity contribution in [3.05, 3.63) is 71.6 Å². The maximum absolute atomic E-state index is 12.8. The van der Waals surface area contributed by atoms with Crippen LogP contribution in [-0.2, 0) is 11.3 Å². The van der Waals surface area contributed by atoms with E-state index >= 15 is 0 Å². The van der Waals surface area contributed by atoms with Gasteiger partial charge >= 0.3 is 0 Å². The van der Waals surface area contributed by atoms with Gasteiger partial charge in [0, 0.05) is 12.6 Å². The number of halogens is 1. The Labute approximate surface area is 133 Å². The fourth-order valence-corrected chi connectivity index (χ4v) is 1.81. The third kappa shape index (κ3) is 5.64. The maximum Gasteiger partial charge on any atom is 0.244 e. The van der Waals surface area contributed by atoms with Crippen molar-refractivity contribution in [1.29, 1.82) is 5.26 Å². The lowest BCUT2D eigenvalue weighted by molar-refractivity contribution is -0.116. The molecule has 116 valence electrons. The van der Waals surface area contributed by atoms with Crippen molar-refractivity contribution >= 4 is 12.0 Å². The molecule has 0 bridgehead atoms. The van der Waals surface area contributed by atoms with E-state index in [1.807, 2.05) is 6.07 Å². The molecule has 0 unspecified atom stereocenters. The molecule has 1 N–H and O–H groups in total. The highest BCUT2D eigenvalue weighted by Crippen LogP contribution is 2.13. The van der Waals surface area contributed by atoms with Crippen molar-refractivity contribution in [2.24, 2.45) is 0 Å². The molecule has 0 aliphatic rings. The zero-order chi connectivity index (χ0) is 16.5. The highest BCUT2D eigenvalue weighted by Gasteiger charge is 1.98. The topological polar surface area (TPSA) is 62.1 Å². The fraction of sp³-hybridized carbons (Fsp3) is 0.111. The summed E-state index contributed by atoms with van der Waals surface area (Å²) in [4.78, 5) is 11.7. The number of rotatable bonds is 6. The maximum atomic E-state index is 12.8. The molecule has 0 radical (unpaired) electrons. The molecular weight excluding hydrogens is 295 g/mol. The van der Waals surface area contributed by atoms with Crippen molar-refractivity contribution in [3.8, 4) is 11.8 Å². The Morgan fingerprint density at radius 2 is 1.87 bits per heavy atom. The van der Waals surface area contributed by atoms with E-state index in [1.54, 1.807) is 42.5 Å². The van der Waals surface area contributed by atoms with Crippen molar-refractivity contribution in [2.75, 3.05) is 6.61 Å². The molecule has 0 spiro atoms. The van der Waals surface area contributed by atoms with Gasteiger partial charge in [-0.15, -0.1) is 0 Å². The summed E-state index contributed by atoms with van der Waals surface area (Å²) in [6.45, 7) is 0.339. The van der Waals surface area contributed by atoms with Gasteiger partial charge in [-0.1, -0.05) is 24.3 Å². The average Bonchev–Trinajstić information content (AvgIpc) is 2.58. The molecule has 1 amide bonds. The van der Waals surface area contributed by atoms with Gasteiger partial charge in [0.15, 0.2) is 6.61 Å². The number of benzene rings is 2. The molecule has 0 saturated carbocycles. The van der Waals surface area contributed by atoms with Gasteiger partial charge < -0.3 is 10.1 Å². The Morgan fingerprint density at radius 3 is 2.52 bits per heavy atom. The van der Waals surface area contributed by atoms with Gasteiger partial charge in [0.05, 0.1) is 0 Å². The molecule has 0 heterocycles. The summed E-state index contributed by atoms with van der Waals surface area (Å²) in [7, 11) is 0. The molecule has 0 saturated heterocycles. The number of nitriles is 1. The predicted octanol–water partition coefficient (Wildman–Crippen LogP) is 3.06. The lowest BCUT2D eigenvalue weighted by Gasteiger charge is -2.03.